The number of carbonyl (C=O) groups excluding carboxylic acids is 4. The number of rotatable bonds is 30. The number of carbonyl (C=O) groups is 4. The Balaban J connectivity index is 0.000000362. The third-order valence-corrected chi connectivity index (χ3v) is 17.5. The van der Waals surface area contributed by atoms with Gasteiger partial charge in [0.05, 0.1) is 81.8 Å². The summed E-state index contributed by atoms with van der Waals surface area (Å²) in [5.41, 5.74) is 5.65. The van der Waals surface area contributed by atoms with E-state index < -0.39 is 91.4 Å². The van der Waals surface area contributed by atoms with Crippen molar-refractivity contribution in [3.63, 3.8) is 0 Å². The number of benzene rings is 4. The number of nitrogens with one attached hydrogen (secondary N) is 2. The summed E-state index contributed by atoms with van der Waals surface area (Å²) in [5, 5.41) is 35.4. The average molecular weight is 1260 g/mol. The van der Waals surface area contributed by atoms with Crippen LogP contribution >= 0.6 is 0 Å². The molecule has 0 aliphatic carbocycles. The highest BCUT2D eigenvalue weighted by atomic mass is 32.2. The zero-order valence-corrected chi connectivity index (χ0v) is 52.4. The van der Waals surface area contributed by atoms with Gasteiger partial charge in [-0.3, -0.25) is 9.59 Å². The Kier molecular flexibility index (Phi) is 30.3. The number of esters is 1. The van der Waals surface area contributed by atoms with E-state index in [1.165, 1.54) is 66.3 Å². The molecule has 0 bridgehead atoms. The van der Waals surface area contributed by atoms with Gasteiger partial charge < -0.3 is 74.3 Å². The molecule has 484 valence electrons. The highest BCUT2D eigenvalue weighted by Gasteiger charge is 2.38. The lowest BCUT2D eigenvalue weighted by Crippen LogP contribution is -2.52. The number of ether oxygens (including phenoxy) is 9. The van der Waals surface area contributed by atoms with Gasteiger partial charge in [0, 0.05) is 46.1 Å². The molecule has 2 saturated heterocycles. The highest BCUT2D eigenvalue weighted by molar-refractivity contribution is 7.89. The lowest BCUT2D eigenvalue weighted by atomic mass is 9.87. The van der Waals surface area contributed by atoms with E-state index in [1.54, 1.807) is 12.1 Å². The van der Waals surface area contributed by atoms with Crippen LogP contribution in [0.4, 0.5) is 9.59 Å². The molecule has 6 rings (SSSR count). The summed E-state index contributed by atoms with van der Waals surface area (Å²) in [6, 6.07) is 28.4. The molecule has 0 radical (unpaired) electrons. The van der Waals surface area contributed by atoms with Crippen LogP contribution in [0.1, 0.15) is 64.5 Å². The first-order valence-corrected chi connectivity index (χ1v) is 31.0. The molecule has 87 heavy (non-hydrogen) atoms. The first-order chi connectivity index (χ1) is 41.3. The van der Waals surface area contributed by atoms with Gasteiger partial charge in [-0.1, -0.05) is 88.4 Å². The first-order valence-electron chi connectivity index (χ1n) is 28.1. The number of alkyl carbamates (subject to hydrolysis) is 2. The molecule has 2 aliphatic heterocycles. The van der Waals surface area contributed by atoms with Crippen molar-refractivity contribution in [3.8, 4) is 11.5 Å². The van der Waals surface area contributed by atoms with E-state index in [0.717, 1.165) is 18.2 Å². The van der Waals surface area contributed by atoms with Crippen molar-refractivity contribution in [3.05, 3.63) is 120 Å². The van der Waals surface area contributed by atoms with Gasteiger partial charge in [0.1, 0.15) is 25.1 Å². The van der Waals surface area contributed by atoms with Gasteiger partial charge in [-0.25, -0.2) is 26.4 Å². The van der Waals surface area contributed by atoms with Crippen LogP contribution in [-0.4, -0.2) is 196 Å². The fourth-order valence-corrected chi connectivity index (χ4v) is 12.4. The van der Waals surface area contributed by atoms with Crippen molar-refractivity contribution >= 4 is 44.1 Å². The Bertz CT molecular complexity index is 2920. The summed E-state index contributed by atoms with van der Waals surface area (Å²) >= 11 is 0. The lowest BCUT2D eigenvalue weighted by molar-refractivity contribution is -0.151. The largest absolute Gasteiger partial charge is 0.497 e. The number of hydrogen-bond donors (Lipinski definition) is 6. The lowest BCUT2D eigenvalue weighted by Gasteiger charge is -2.35. The second-order valence-corrected chi connectivity index (χ2v) is 26.0. The number of aliphatic hydroxyl groups excluding tert-OH is 3. The van der Waals surface area contributed by atoms with Gasteiger partial charge in [0.25, 0.3) is 0 Å². The summed E-state index contributed by atoms with van der Waals surface area (Å²) in [6.45, 7) is 7.52. The fraction of sp³-hybridized carbons (Fsp3) is 0.533. The summed E-state index contributed by atoms with van der Waals surface area (Å²) < 4.78 is 105. The number of aliphatic hydroxyl groups is 3. The molecule has 0 spiro atoms. The number of nitrogens with two attached hydrogens (primary N) is 1. The average Bonchev–Trinajstić information content (AvgIpc) is 1.14. The zero-order chi connectivity index (χ0) is 64.2. The molecule has 4 atom stereocenters. The minimum absolute atomic E-state index is 0.00507. The molecule has 25 nitrogen and oxygen atoms in total. The molecule has 7 N–H and O–H groups in total. The summed E-state index contributed by atoms with van der Waals surface area (Å²) in [6.07, 6.45) is -4.24. The van der Waals surface area contributed by atoms with Gasteiger partial charge in [0.15, 0.2) is 12.2 Å². The maximum Gasteiger partial charge on any atom is 0.407 e. The van der Waals surface area contributed by atoms with E-state index in [4.69, 9.17) is 53.5 Å². The van der Waals surface area contributed by atoms with E-state index in [1.807, 2.05) is 88.4 Å². The molecule has 2 heterocycles. The number of sulfonamides is 2. The van der Waals surface area contributed by atoms with Gasteiger partial charge in [0.2, 0.25) is 26.0 Å². The standard InChI is InChI=1S/C30H42N2O10S.C29H41N3O9S.CH4O/c1-30(2,15-14-28(34)39-4)20-32(43(36,37)25-12-10-23(38-3)11-13-25)17-27(33)26(16-22-8-6-5-7-9-22)31-29(35)42-24-18-40-21-41-19-24;1-29(2,14-13-27(30)34)19-32(42(36,37)24-11-9-22(38-3)10-12-24)16-26(33)25(15-21-7-5-4-6-8-21)31-28(35)41-23-17-39-20-40-18-23;1-2/h5-13,24,26-27,33H,14-21H2,1-4H3,(H,31,35);4-12,23,25-26,33H,13-20H2,1-3H3,(H2,30,34)(H,31,35);2H,1H3/t26-,27+;25-,26+;/m00./s1. The molecule has 4 aromatic rings. The summed E-state index contributed by atoms with van der Waals surface area (Å²) in [4.78, 5) is 49.0. The molecule has 0 unspecified atom stereocenters. The van der Waals surface area contributed by atoms with E-state index in [0.29, 0.717) is 24.3 Å². The fourth-order valence-electron chi connectivity index (χ4n) is 9.12. The quantitative estimate of drug-likeness (QED) is 0.0311. The molecule has 0 saturated carbocycles. The Morgan fingerprint density at radius 3 is 1.24 bits per heavy atom. The SMILES string of the molecule is CO.COC(=O)CCC(C)(C)CN(C[C@@H](O)[C@H](Cc1ccccc1)NC(=O)OC1COCOC1)S(=O)(=O)c1ccc(OC)cc1.COc1ccc(S(=O)(=O)N(C[C@@H](O)[C@H](Cc2ccccc2)NC(=O)OC2COCOC2)CC(C)(C)CCC(N)=O)cc1. The Morgan fingerprint density at radius 1 is 0.575 bits per heavy atom. The van der Waals surface area contributed by atoms with Crippen LogP contribution in [-0.2, 0) is 75.6 Å². The molecule has 2 aliphatic rings. The van der Waals surface area contributed by atoms with Gasteiger partial charge in [-0.15, -0.1) is 0 Å². The van der Waals surface area contributed by atoms with Crippen molar-refractivity contribution in [2.45, 2.75) is 113 Å². The molecular formula is C60H87N5O20S2. The van der Waals surface area contributed by atoms with Crippen LogP contribution in [0.5, 0.6) is 11.5 Å². The number of amides is 3. The predicted octanol–water partition coefficient (Wildman–Crippen LogP) is 4.39. The van der Waals surface area contributed by atoms with Crippen molar-refractivity contribution < 1.29 is 94.0 Å². The number of methoxy groups -OCH3 is 3. The van der Waals surface area contributed by atoms with Crippen LogP contribution in [0.25, 0.3) is 0 Å². The normalized spacial score (nSPS) is 15.6. The van der Waals surface area contributed by atoms with Crippen LogP contribution in [0.15, 0.2) is 119 Å². The van der Waals surface area contributed by atoms with Crippen LogP contribution in [0, 0.1) is 10.8 Å². The van der Waals surface area contributed by atoms with Crippen LogP contribution < -0.4 is 25.8 Å². The Hall–Kier alpha value is -6.50. The van der Waals surface area contributed by atoms with E-state index in [9.17, 15) is 46.2 Å². The number of nitrogens with zero attached hydrogens (tertiary/aromatic N) is 2. The summed E-state index contributed by atoms with van der Waals surface area (Å²) in [5.74, 6) is 0.0780. The highest BCUT2D eigenvalue weighted by Crippen LogP contribution is 2.31. The minimum Gasteiger partial charge on any atom is -0.497 e. The van der Waals surface area contributed by atoms with Gasteiger partial charge in [-0.05, 0) is 96.2 Å². The third kappa shape index (κ3) is 25.3. The van der Waals surface area contributed by atoms with E-state index >= 15 is 0 Å². The third-order valence-electron chi connectivity index (χ3n) is 13.9. The number of hydrogen-bond acceptors (Lipinski definition) is 20. The van der Waals surface area contributed by atoms with Crippen molar-refractivity contribution in [2.75, 3.05) is 94.6 Å². The molecule has 27 heteroatoms. The Labute approximate surface area is 510 Å². The van der Waals surface area contributed by atoms with Gasteiger partial charge in [-0.2, -0.15) is 8.61 Å². The first kappa shape index (κ1) is 73.0. The molecular weight excluding hydrogens is 1170 g/mol. The second kappa shape index (κ2) is 36.1. The molecule has 0 aromatic heterocycles. The predicted molar refractivity (Wildman–Crippen MR) is 319 cm³/mol. The minimum atomic E-state index is -4.13. The topological polar surface area (TPSA) is 337 Å². The maximum absolute atomic E-state index is 13.9. The van der Waals surface area contributed by atoms with Gasteiger partial charge >= 0.3 is 18.2 Å². The monoisotopic (exact) mass is 1260 g/mol. The van der Waals surface area contributed by atoms with Crippen molar-refractivity contribution in [1.82, 2.24) is 19.2 Å². The second-order valence-electron chi connectivity index (χ2n) is 22.1. The summed E-state index contributed by atoms with van der Waals surface area (Å²) in [7, 11) is -3.00. The zero-order valence-electron chi connectivity index (χ0n) is 50.7. The smallest absolute Gasteiger partial charge is 0.407 e. The molecule has 2 fully saturated rings. The molecule has 4 aromatic carbocycles. The Morgan fingerprint density at radius 2 is 0.920 bits per heavy atom. The van der Waals surface area contributed by atoms with Crippen LogP contribution in [0.2, 0.25) is 0 Å². The maximum atomic E-state index is 13.9. The number of primary amides is 1. The van der Waals surface area contributed by atoms with Crippen LogP contribution in [0.3, 0.4) is 0 Å². The van der Waals surface area contributed by atoms with E-state index in [2.05, 4.69) is 10.6 Å². The van der Waals surface area contributed by atoms with E-state index in [-0.39, 0.29) is 102 Å². The van der Waals surface area contributed by atoms with Crippen molar-refractivity contribution in [2.24, 2.45) is 16.6 Å². The molecule has 3 amide bonds. The van der Waals surface area contributed by atoms with Crippen molar-refractivity contribution in [1.29, 1.82) is 0 Å².